The number of amides is 2. The summed E-state index contributed by atoms with van der Waals surface area (Å²) in [7, 11) is 1.58. The van der Waals surface area contributed by atoms with Crippen LogP contribution in [-0.2, 0) is 29.0 Å². The Morgan fingerprint density at radius 1 is 0.971 bits per heavy atom. The van der Waals surface area contributed by atoms with Crippen molar-refractivity contribution in [3.05, 3.63) is 101 Å². The molecular formula is C28H31FN2O3. The molecule has 3 aromatic rings. The summed E-state index contributed by atoms with van der Waals surface area (Å²) in [5, 5.41) is 2.94. The fourth-order valence-electron chi connectivity index (χ4n) is 3.79. The van der Waals surface area contributed by atoms with Gasteiger partial charge in [0.1, 0.15) is 17.6 Å². The van der Waals surface area contributed by atoms with Gasteiger partial charge in [-0.1, -0.05) is 67.6 Å². The van der Waals surface area contributed by atoms with Crippen molar-refractivity contribution in [1.29, 1.82) is 0 Å². The third-order valence-corrected chi connectivity index (χ3v) is 5.61. The van der Waals surface area contributed by atoms with Gasteiger partial charge >= 0.3 is 0 Å². The second-order valence-electron chi connectivity index (χ2n) is 8.14. The number of hydrogen-bond donors (Lipinski definition) is 1. The Kier molecular flexibility index (Phi) is 9.21. The molecule has 34 heavy (non-hydrogen) atoms. The third-order valence-electron chi connectivity index (χ3n) is 5.61. The summed E-state index contributed by atoms with van der Waals surface area (Å²) in [6.07, 6.45) is 0.995. The van der Waals surface area contributed by atoms with Gasteiger partial charge in [-0.2, -0.15) is 0 Å². The van der Waals surface area contributed by atoms with E-state index in [0.29, 0.717) is 24.3 Å². The number of carbonyl (C=O) groups excluding carboxylic acids is 2. The molecule has 6 heteroatoms. The maximum Gasteiger partial charge on any atom is 0.243 e. The SMILES string of the molecule is CCCNC(=O)[C@@H](Cc1ccccc1)N(Cc1cccc(OC)c1)C(=O)Cc1ccccc1F. The molecule has 0 heterocycles. The molecule has 0 aliphatic rings. The zero-order valence-corrected chi connectivity index (χ0v) is 19.7. The fraction of sp³-hybridized carbons (Fsp3) is 0.286. The molecule has 1 N–H and O–H groups in total. The fourth-order valence-corrected chi connectivity index (χ4v) is 3.79. The molecule has 0 aliphatic carbocycles. The summed E-state index contributed by atoms with van der Waals surface area (Å²) in [5.41, 5.74) is 2.06. The number of nitrogens with one attached hydrogen (secondary N) is 1. The Balaban J connectivity index is 1.97. The Morgan fingerprint density at radius 3 is 2.38 bits per heavy atom. The van der Waals surface area contributed by atoms with Gasteiger partial charge in [0.2, 0.25) is 11.8 Å². The lowest BCUT2D eigenvalue weighted by atomic mass is 10.0. The molecule has 1 atom stereocenters. The monoisotopic (exact) mass is 462 g/mol. The van der Waals surface area contributed by atoms with Crippen molar-refractivity contribution in [3.63, 3.8) is 0 Å². The van der Waals surface area contributed by atoms with Crippen molar-refractivity contribution in [3.8, 4) is 5.75 Å². The molecule has 0 radical (unpaired) electrons. The summed E-state index contributed by atoms with van der Waals surface area (Å²) in [5.74, 6) is -0.322. The smallest absolute Gasteiger partial charge is 0.243 e. The first-order chi connectivity index (χ1) is 16.5. The predicted molar refractivity (Wildman–Crippen MR) is 131 cm³/mol. The normalized spacial score (nSPS) is 11.5. The summed E-state index contributed by atoms with van der Waals surface area (Å²) >= 11 is 0. The van der Waals surface area contributed by atoms with E-state index in [1.807, 2.05) is 61.5 Å². The molecule has 0 fully saturated rings. The number of ether oxygens (including phenoxy) is 1. The maximum atomic E-state index is 14.3. The number of methoxy groups -OCH3 is 1. The molecule has 0 aliphatic heterocycles. The first-order valence-corrected chi connectivity index (χ1v) is 11.5. The van der Waals surface area contributed by atoms with Gasteiger partial charge < -0.3 is 15.0 Å². The van der Waals surface area contributed by atoms with E-state index in [1.165, 1.54) is 6.07 Å². The number of hydrogen-bond acceptors (Lipinski definition) is 3. The number of halogens is 1. The summed E-state index contributed by atoms with van der Waals surface area (Å²) in [4.78, 5) is 28.4. The lowest BCUT2D eigenvalue weighted by Crippen LogP contribution is -2.51. The molecule has 3 rings (SSSR count). The maximum absolute atomic E-state index is 14.3. The molecule has 178 valence electrons. The van der Waals surface area contributed by atoms with Crippen LogP contribution in [-0.4, -0.2) is 36.4 Å². The Labute approximate surface area is 200 Å². The van der Waals surface area contributed by atoms with Crippen LogP contribution in [0.25, 0.3) is 0 Å². The van der Waals surface area contributed by atoms with Crippen molar-refractivity contribution in [2.75, 3.05) is 13.7 Å². The minimum Gasteiger partial charge on any atom is -0.497 e. The van der Waals surface area contributed by atoms with Crippen LogP contribution in [0.5, 0.6) is 5.75 Å². The van der Waals surface area contributed by atoms with E-state index in [0.717, 1.165) is 17.5 Å². The first kappa shape index (κ1) is 25.0. The summed E-state index contributed by atoms with van der Waals surface area (Å²) in [6.45, 7) is 2.68. The summed E-state index contributed by atoms with van der Waals surface area (Å²) in [6, 6.07) is 22.5. The van der Waals surface area contributed by atoms with Crippen LogP contribution in [0.2, 0.25) is 0 Å². The van der Waals surface area contributed by atoms with Gasteiger partial charge in [0, 0.05) is 19.5 Å². The van der Waals surface area contributed by atoms with Gasteiger partial charge in [0.05, 0.1) is 13.5 Å². The second-order valence-corrected chi connectivity index (χ2v) is 8.14. The number of carbonyl (C=O) groups is 2. The number of rotatable bonds is 11. The van der Waals surface area contributed by atoms with E-state index in [1.54, 1.807) is 30.2 Å². The molecule has 0 bridgehead atoms. The zero-order valence-electron chi connectivity index (χ0n) is 19.7. The van der Waals surface area contributed by atoms with Gasteiger partial charge in [-0.3, -0.25) is 9.59 Å². The molecule has 0 aromatic heterocycles. The highest BCUT2D eigenvalue weighted by Crippen LogP contribution is 2.20. The molecule has 0 saturated heterocycles. The lowest BCUT2D eigenvalue weighted by Gasteiger charge is -2.32. The van der Waals surface area contributed by atoms with Crippen LogP contribution >= 0.6 is 0 Å². The molecule has 5 nitrogen and oxygen atoms in total. The van der Waals surface area contributed by atoms with Crippen molar-refractivity contribution >= 4 is 11.8 Å². The number of nitrogens with zero attached hydrogens (tertiary/aromatic N) is 1. The van der Waals surface area contributed by atoms with E-state index >= 15 is 0 Å². The third kappa shape index (κ3) is 6.91. The molecule has 0 unspecified atom stereocenters. The first-order valence-electron chi connectivity index (χ1n) is 11.5. The van der Waals surface area contributed by atoms with E-state index in [9.17, 15) is 14.0 Å². The minimum absolute atomic E-state index is 0.136. The van der Waals surface area contributed by atoms with Crippen molar-refractivity contribution in [2.24, 2.45) is 0 Å². The lowest BCUT2D eigenvalue weighted by molar-refractivity contribution is -0.140. The van der Waals surface area contributed by atoms with Crippen LogP contribution < -0.4 is 10.1 Å². The molecule has 2 amide bonds. The van der Waals surface area contributed by atoms with E-state index < -0.39 is 11.9 Å². The predicted octanol–water partition coefficient (Wildman–Crippen LogP) is 4.54. The van der Waals surface area contributed by atoms with Crippen molar-refractivity contribution in [2.45, 2.75) is 38.8 Å². The van der Waals surface area contributed by atoms with Gasteiger partial charge in [0.25, 0.3) is 0 Å². The summed E-state index contributed by atoms with van der Waals surface area (Å²) < 4.78 is 19.7. The zero-order chi connectivity index (χ0) is 24.3. The van der Waals surface area contributed by atoms with Gasteiger partial charge in [0.15, 0.2) is 0 Å². The van der Waals surface area contributed by atoms with E-state index in [-0.39, 0.29) is 24.8 Å². The van der Waals surface area contributed by atoms with Crippen LogP contribution in [0.15, 0.2) is 78.9 Å². The minimum atomic E-state index is -0.751. The molecular weight excluding hydrogens is 431 g/mol. The van der Waals surface area contributed by atoms with E-state index in [4.69, 9.17) is 4.74 Å². The topological polar surface area (TPSA) is 58.6 Å². The van der Waals surface area contributed by atoms with Crippen LogP contribution in [0.3, 0.4) is 0 Å². The average Bonchev–Trinajstić information content (AvgIpc) is 2.86. The quantitative estimate of drug-likeness (QED) is 0.455. The highest BCUT2D eigenvalue weighted by Gasteiger charge is 2.30. The standard InChI is InChI=1S/C28H31FN2O3/c1-3-16-30-28(33)26(18-21-10-5-4-6-11-21)31(20-22-12-9-14-24(17-22)34-2)27(32)19-23-13-7-8-15-25(23)29/h4-15,17,26H,3,16,18-20H2,1-2H3,(H,30,33)/t26-/m1/s1. The largest absolute Gasteiger partial charge is 0.497 e. The molecule has 3 aromatic carbocycles. The van der Waals surface area contributed by atoms with Crippen LogP contribution in [0, 0.1) is 5.82 Å². The van der Waals surface area contributed by atoms with Crippen molar-refractivity contribution in [1.82, 2.24) is 10.2 Å². The average molecular weight is 463 g/mol. The highest BCUT2D eigenvalue weighted by molar-refractivity contribution is 5.88. The highest BCUT2D eigenvalue weighted by atomic mass is 19.1. The Morgan fingerprint density at radius 2 is 1.68 bits per heavy atom. The number of benzene rings is 3. The Hall–Kier alpha value is -3.67. The molecule has 0 spiro atoms. The van der Waals surface area contributed by atoms with Gasteiger partial charge in [-0.25, -0.2) is 4.39 Å². The van der Waals surface area contributed by atoms with Gasteiger partial charge in [-0.15, -0.1) is 0 Å². The molecule has 0 saturated carbocycles. The van der Waals surface area contributed by atoms with Crippen LogP contribution in [0.4, 0.5) is 4.39 Å². The van der Waals surface area contributed by atoms with Crippen LogP contribution in [0.1, 0.15) is 30.0 Å². The van der Waals surface area contributed by atoms with E-state index in [2.05, 4.69) is 5.32 Å². The van der Waals surface area contributed by atoms with Crippen molar-refractivity contribution < 1.29 is 18.7 Å². The Bertz CT molecular complexity index is 1090. The van der Waals surface area contributed by atoms with Gasteiger partial charge in [-0.05, 0) is 41.3 Å². The second kappa shape index (κ2) is 12.5.